The van der Waals surface area contributed by atoms with Crippen LogP contribution in [-0.4, -0.2) is 60.7 Å². The topological polar surface area (TPSA) is 87.7 Å². The molecule has 7 nitrogen and oxygen atoms in total. The van der Waals surface area contributed by atoms with Crippen molar-refractivity contribution in [1.29, 1.82) is 0 Å². The lowest BCUT2D eigenvalue weighted by atomic mass is 10.0. The summed E-state index contributed by atoms with van der Waals surface area (Å²) in [6.07, 6.45) is 1.45. The van der Waals surface area contributed by atoms with E-state index in [1.54, 1.807) is 29.2 Å². The highest BCUT2D eigenvalue weighted by atomic mass is 32.2. The molecule has 0 aliphatic carbocycles. The first-order valence-electron chi connectivity index (χ1n) is 12.0. The largest absolute Gasteiger partial charge is 0.332 e. The van der Waals surface area contributed by atoms with Crippen LogP contribution in [-0.2, 0) is 23.0 Å². The van der Waals surface area contributed by atoms with Gasteiger partial charge in [0.2, 0.25) is 10.0 Å². The number of nitrogens with zero attached hydrogens (tertiary/aromatic N) is 3. The molecule has 10 heteroatoms. The number of ketones is 1. The first-order valence-corrected chi connectivity index (χ1v) is 14.5. The zero-order chi connectivity index (χ0) is 27.3. The zero-order valence-corrected chi connectivity index (χ0v) is 22.8. The van der Waals surface area contributed by atoms with E-state index in [-0.39, 0.29) is 18.1 Å². The molecule has 0 bridgehead atoms. The van der Waals surface area contributed by atoms with Crippen LogP contribution >= 0.6 is 11.3 Å². The number of amides is 1. The lowest BCUT2D eigenvalue weighted by Crippen LogP contribution is -2.32. The number of rotatable bonds is 11. The summed E-state index contributed by atoms with van der Waals surface area (Å²) < 4.78 is 39.6. The molecule has 0 radical (unpaired) electrons. The number of fused-ring (bicyclic) bond motifs is 1. The number of benzene rings is 3. The molecule has 0 N–H and O–H groups in total. The fourth-order valence-electron chi connectivity index (χ4n) is 4.03. The van der Waals surface area contributed by atoms with Gasteiger partial charge in [0.1, 0.15) is 22.3 Å². The molecule has 0 spiro atoms. The van der Waals surface area contributed by atoms with Gasteiger partial charge in [-0.05, 0) is 35.9 Å². The number of thiazole rings is 1. The smallest absolute Gasteiger partial charge is 0.254 e. The molecule has 3 aromatic carbocycles. The molecule has 1 heterocycles. The molecule has 4 aromatic rings. The van der Waals surface area contributed by atoms with Crippen LogP contribution in [0.1, 0.15) is 37.8 Å². The average Bonchev–Trinajstić information content (AvgIpc) is 3.37. The Morgan fingerprint density at radius 2 is 1.63 bits per heavy atom. The van der Waals surface area contributed by atoms with E-state index in [4.69, 9.17) is 0 Å². The normalized spacial score (nSPS) is 11.7. The third-order valence-corrected chi connectivity index (χ3v) is 8.73. The molecule has 0 unspecified atom stereocenters. The van der Waals surface area contributed by atoms with Crippen molar-refractivity contribution in [3.8, 4) is 0 Å². The fourth-order valence-corrected chi connectivity index (χ4v) is 5.58. The number of aryl methyl sites for hydroxylation is 1. The van der Waals surface area contributed by atoms with Crippen LogP contribution < -0.4 is 0 Å². The molecule has 198 valence electrons. The van der Waals surface area contributed by atoms with Crippen molar-refractivity contribution in [1.82, 2.24) is 14.2 Å². The minimum absolute atomic E-state index is 0.0549. The summed E-state index contributed by atoms with van der Waals surface area (Å²) in [5.41, 5.74) is 1.59. The van der Waals surface area contributed by atoms with E-state index in [0.29, 0.717) is 34.3 Å². The summed E-state index contributed by atoms with van der Waals surface area (Å²) in [7, 11) is -0.982. The molecular formula is C28H28FN3O4S2. The van der Waals surface area contributed by atoms with Gasteiger partial charge in [-0.25, -0.2) is 22.1 Å². The van der Waals surface area contributed by atoms with Gasteiger partial charge in [-0.15, -0.1) is 11.3 Å². The second-order valence-electron chi connectivity index (χ2n) is 9.04. The van der Waals surface area contributed by atoms with Gasteiger partial charge in [-0.3, -0.25) is 9.59 Å². The monoisotopic (exact) mass is 553 g/mol. The number of halogens is 1. The van der Waals surface area contributed by atoms with Crippen LogP contribution in [0.25, 0.3) is 10.8 Å². The molecule has 38 heavy (non-hydrogen) atoms. The van der Waals surface area contributed by atoms with Crippen molar-refractivity contribution in [2.24, 2.45) is 0 Å². The Bertz CT molecular complexity index is 1550. The highest BCUT2D eigenvalue weighted by Gasteiger charge is 2.24. The molecule has 0 aliphatic heterocycles. The Kier molecular flexibility index (Phi) is 8.65. The minimum atomic E-state index is -3.72. The number of hydrogen-bond donors (Lipinski definition) is 0. The summed E-state index contributed by atoms with van der Waals surface area (Å²) in [4.78, 5) is 32.3. The lowest BCUT2D eigenvalue weighted by Gasteiger charge is -2.23. The van der Waals surface area contributed by atoms with Crippen LogP contribution in [0.2, 0.25) is 0 Å². The predicted octanol–water partition coefficient (Wildman–Crippen LogP) is 4.78. The molecule has 4 rings (SSSR count). The Labute approximate surface area is 225 Å². The maximum atomic E-state index is 14.4. The van der Waals surface area contributed by atoms with Crippen molar-refractivity contribution >= 4 is 43.8 Å². The summed E-state index contributed by atoms with van der Waals surface area (Å²) in [6.45, 7) is 0.551. The second-order valence-corrected chi connectivity index (χ2v) is 12.2. The molecule has 0 aliphatic rings. The van der Waals surface area contributed by atoms with Gasteiger partial charge in [0.15, 0.2) is 5.78 Å². The predicted molar refractivity (Wildman–Crippen MR) is 147 cm³/mol. The van der Waals surface area contributed by atoms with Gasteiger partial charge >= 0.3 is 0 Å². The van der Waals surface area contributed by atoms with Crippen LogP contribution in [0, 0.1) is 5.82 Å². The minimum Gasteiger partial charge on any atom is -0.332 e. The number of carbonyl (C=O) groups excluding carboxylic acids is 2. The first kappa shape index (κ1) is 27.6. The summed E-state index contributed by atoms with van der Waals surface area (Å²) in [5, 5.41) is 2.92. The van der Waals surface area contributed by atoms with Crippen molar-refractivity contribution in [2.75, 3.05) is 26.4 Å². The fraction of sp³-hybridized carbons (Fsp3) is 0.250. The third kappa shape index (κ3) is 6.50. The molecule has 0 saturated heterocycles. The number of aromatic nitrogens is 1. The molecule has 1 aromatic heterocycles. The quantitative estimate of drug-likeness (QED) is 0.250. The van der Waals surface area contributed by atoms with E-state index in [9.17, 15) is 22.4 Å². The van der Waals surface area contributed by atoms with Gasteiger partial charge in [0.25, 0.3) is 5.91 Å². The van der Waals surface area contributed by atoms with Gasteiger partial charge < -0.3 is 4.90 Å². The van der Waals surface area contributed by atoms with Crippen LogP contribution in [0.15, 0.2) is 72.1 Å². The zero-order valence-electron chi connectivity index (χ0n) is 21.1. The van der Waals surface area contributed by atoms with E-state index < -0.39 is 27.4 Å². The van der Waals surface area contributed by atoms with Gasteiger partial charge in [0.05, 0.1) is 6.54 Å². The highest BCUT2D eigenvalue weighted by Crippen LogP contribution is 2.24. The number of sulfonamides is 1. The molecule has 0 saturated carbocycles. The number of carbonyl (C=O) groups is 2. The van der Waals surface area contributed by atoms with Crippen LogP contribution in [0.3, 0.4) is 0 Å². The summed E-state index contributed by atoms with van der Waals surface area (Å²) >= 11 is 1.19. The third-order valence-electron chi connectivity index (χ3n) is 6.16. The van der Waals surface area contributed by atoms with Crippen LogP contribution in [0.5, 0.6) is 0 Å². The average molecular weight is 554 g/mol. The second kappa shape index (κ2) is 11.9. The maximum Gasteiger partial charge on any atom is 0.254 e. The van der Waals surface area contributed by atoms with Crippen LogP contribution in [0.4, 0.5) is 4.39 Å². The van der Waals surface area contributed by atoms with Crippen molar-refractivity contribution < 1.29 is 22.4 Å². The molecule has 0 atom stereocenters. The van der Waals surface area contributed by atoms with E-state index in [1.165, 1.54) is 42.9 Å². The molecule has 1 amide bonds. The van der Waals surface area contributed by atoms with Crippen molar-refractivity contribution in [2.45, 2.75) is 19.4 Å². The van der Waals surface area contributed by atoms with E-state index in [1.807, 2.05) is 30.3 Å². The highest BCUT2D eigenvalue weighted by molar-refractivity contribution is 7.89. The van der Waals surface area contributed by atoms with Gasteiger partial charge in [0, 0.05) is 37.0 Å². The van der Waals surface area contributed by atoms with Crippen molar-refractivity contribution in [3.05, 3.63) is 99.8 Å². The van der Waals surface area contributed by atoms with Gasteiger partial charge in [-0.1, -0.05) is 54.6 Å². The Morgan fingerprint density at radius 3 is 2.34 bits per heavy atom. The van der Waals surface area contributed by atoms with Gasteiger partial charge in [-0.2, -0.15) is 0 Å². The standard InChI is InChI=1S/C28H28FN3O4S2/c1-31(2)38(35,36)19-26(33)25-18-37-27(30-25)17-32(16-8-11-20-9-4-3-5-10-20)28(34)23-14-15-24(29)22-13-7-6-12-21(22)23/h3-7,9-10,12-15,18H,8,11,16-17,19H2,1-2H3. The SMILES string of the molecule is CN(C)S(=O)(=O)CC(=O)c1csc(CN(CCCc2ccccc2)C(=O)c2ccc(F)c3ccccc23)n1. The Balaban J connectivity index is 1.58. The number of Topliss-reactive ketones (excluding diaryl/α,β-unsaturated/α-hetero) is 1. The Hall–Kier alpha value is -3.47. The van der Waals surface area contributed by atoms with E-state index >= 15 is 0 Å². The van der Waals surface area contributed by atoms with E-state index in [0.717, 1.165) is 16.3 Å². The number of hydrogen-bond acceptors (Lipinski definition) is 6. The summed E-state index contributed by atoms with van der Waals surface area (Å²) in [5.74, 6) is -1.95. The van der Waals surface area contributed by atoms with Crippen molar-refractivity contribution in [3.63, 3.8) is 0 Å². The maximum absolute atomic E-state index is 14.4. The molecular weight excluding hydrogens is 525 g/mol. The molecule has 0 fully saturated rings. The lowest BCUT2D eigenvalue weighted by molar-refractivity contribution is 0.0743. The van der Waals surface area contributed by atoms with E-state index in [2.05, 4.69) is 4.98 Å². The Morgan fingerprint density at radius 1 is 0.947 bits per heavy atom. The summed E-state index contributed by atoms with van der Waals surface area (Å²) in [6, 6.07) is 19.6. The first-order chi connectivity index (χ1) is 18.2.